The minimum Gasteiger partial charge on any atom is -0.467 e. The van der Waals surface area contributed by atoms with Crippen LogP contribution >= 0.6 is 0 Å². The monoisotopic (exact) mass is 253 g/mol. The molecule has 0 fully saturated rings. The molecule has 3 nitrogen and oxygen atoms in total. The molecule has 0 spiro atoms. The first-order valence-corrected chi connectivity index (χ1v) is 6.89. The van der Waals surface area contributed by atoms with Crippen molar-refractivity contribution in [1.29, 1.82) is 0 Å². The van der Waals surface area contributed by atoms with Gasteiger partial charge in [0.25, 0.3) is 0 Å². The van der Waals surface area contributed by atoms with Crippen LogP contribution in [0.2, 0.25) is 0 Å². The van der Waals surface area contributed by atoms with Gasteiger partial charge in [0, 0.05) is 18.2 Å². The van der Waals surface area contributed by atoms with Gasteiger partial charge in [-0.2, -0.15) is 0 Å². The summed E-state index contributed by atoms with van der Waals surface area (Å²) in [6.07, 6.45) is 3.10. The van der Waals surface area contributed by atoms with Crippen LogP contribution in [-0.2, 0) is 17.9 Å². The highest BCUT2D eigenvalue weighted by molar-refractivity contribution is 5.16. The SMILES string of the molecule is CC(C)CC(C)OCc1occc1CNC(C)C. The van der Waals surface area contributed by atoms with Crippen LogP contribution in [0.25, 0.3) is 0 Å². The number of hydrogen-bond acceptors (Lipinski definition) is 3. The highest BCUT2D eigenvalue weighted by atomic mass is 16.5. The molecule has 0 saturated carbocycles. The molecule has 18 heavy (non-hydrogen) atoms. The van der Waals surface area contributed by atoms with Crippen molar-refractivity contribution in [2.75, 3.05) is 0 Å². The Kier molecular flexibility index (Phi) is 6.44. The molecular weight excluding hydrogens is 226 g/mol. The Bertz CT molecular complexity index is 331. The molecule has 0 aromatic carbocycles. The maximum absolute atomic E-state index is 5.82. The Labute approximate surface area is 111 Å². The van der Waals surface area contributed by atoms with E-state index in [2.05, 4.69) is 39.9 Å². The van der Waals surface area contributed by atoms with Crippen molar-refractivity contribution in [3.63, 3.8) is 0 Å². The van der Waals surface area contributed by atoms with Crippen molar-refractivity contribution in [2.24, 2.45) is 5.92 Å². The average Bonchev–Trinajstić information content (AvgIpc) is 2.70. The summed E-state index contributed by atoms with van der Waals surface area (Å²) in [5.74, 6) is 1.61. The molecule has 0 amide bonds. The zero-order valence-electron chi connectivity index (χ0n) is 12.3. The summed E-state index contributed by atoms with van der Waals surface area (Å²) in [6.45, 7) is 12.2. The molecule has 0 aliphatic rings. The number of hydrogen-bond donors (Lipinski definition) is 1. The average molecular weight is 253 g/mol. The van der Waals surface area contributed by atoms with Crippen molar-refractivity contribution >= 4 is 0 Å². The Morgan fingerprint density at radius 2 is 1.94 bits per heavy atom. The van der Waals surface area contributed by atoms with E-state index in [-0.39, 0.29) is 6.10 Å². The van der Waals surface area contributed by atoms with Crippen LogP contribution in [0.4, 0.5) is 0 Å². The van der Waals surface area contributed by atoms with Gasteiger partial charge in [-0.15, -0.1) is 0 Å². The zero-order valence-corrected chi connectivity index (χ0v) is 12.3. The summed E-state index contributed by atoms with van der Waals surface area (Å²) < 4.78 is 11.3. The smallest absolute Gasteiger partial charge is 0.133 e. The third-order valence-electron chi connectivity index (χ3n) is 2.84. The van der Waals surface area contributed by atoms with Gasteiger partial charge in [-0.3, -0.25) is 0 Å². The van der Waals surface area contributed by atoms with Gasteiger partial charge in [0.1, 0.15) is 12.4 Å². The zero-order chi connectivity index (χ0) is 13.5. The van der Waals surface area contributed by atoms with Gasteiger partial charge < -0.3 is 14.5 Å². The predicted octanol–water partition coefficient (Wildman–Crippen LogP) is 3.73. The van der Waals surface area contributed by atoms with Gasteiger partial charge in [-0.1, -0.05) is 27.7 Å². The number of nitrogens with one attached hydrogen (secondary N) is 1. The van der Waals surface area contributed by atoms with Gasteiger partial charge in [0.15, 0.2) is 0 Å². The Balaban J connectivity index is 2.40. The van der Waals surface area contributed by atoms with Gasteiger partial charge >= 0.3 is 0 Å². The molecule has 0 bridgehead atoms. The summed E-state index contributed by atoms with van der Waals surface area (Å²) in [5, 5.41) is 3.39. The molecule has 3 heteroatoms. The van der Waals surface area contributed by atoms with Gasteiger partial charge in [0.05, 0.1) is 12.4 Å². The van der Waals surface area contributed by atoms with Gasteiger partial charge in [0.2, 0.25) is 0 Å². The second-order valence-corrected chi connectivity index (χ2v) is 5.66. The molecule has 1 heterocycles. The Morgan fingerprint density at radius 3 is 2.56 bits per heavy atom. The summed E-state index contributed by atoms with van der Waals surface area (Å²) in [5.41, 5.74) is 1.19. The lowest BCUT2D eigenvalue weighted by Gasteiger charge is -2.15. The molecule has 1 aromatic rings. The third kappa shape index (κ3) is 5.69. The van der Waals surface area contributed by atoms with Crippen LogP contribution in [0, 0.1) is 5.92 Å². The van der Waals surface area contributed by atoms with E-state index in [9.17, 15) is 0 Å². The highest BCUT2D eigenvalue weighted by Crippen LogP contribution is 2.15. The van der Waals surface area contributed by atoms with Crippen LogP contribution in [0.1, 0.15) is 52.4 Å². The van der Waals surface area contributed by atoms with Crippen LogP contribution in [0.5, 0.6) is 0 Å². The maximum Gasteiger partial charge on any atom is 0.133 e. The van der Waals surface area contributed by atoms with Gasteiger partial charge in [-0.05, 0) is 25.3 Å². The fourth-order valence-electron chi connectivity index (χ4n) is 1.92. The molecule has 1 aromatic heterocycles. The summed E-state index contributed by atoms with van der Waals surface area (Å²) in [6, 6.07) is 2.50. The van der Waals surface area contributed by atoms with Crippen LogP contribution < -0.4 is 5.32 Å². The molecule has 0 saturated heterocycles. The van der Waals surface area contributed by atoms with E-state index in [1.54, 1.807) is 6.26 Å². The summed E-state index contributed by atoms with van der Waals surface area (Å²) in [4.78, 5) is 0. The second-order valence-electron chi connectivity index (χ2n) is 5.66. The first kappa shape index (κ1) is 15.3. The fourth-order valence-corrected chi connectivity index (χ4v) is 1.92. The maximum atomic E-state index is 5.82. The highest BCUT2D eigenvalue weighted by Gasteiger charge is 2.10. The quantitative estimate of drug-likeness (QED) is 0.766. The van der Waals surface area contributed by atoms with Crippen LogP contribution in [0.3, 0.4) is 0 Å². The predicted molar refractivity (Wildman–Crippen MR) is 74.4 cm³/mol. The number of rotatable bonds is 8. The first-order chi connectivity index (χ1) is 8.49. The Hall–Kier alpha value is -0.800. The standard InChI is InChI=1S/C15H27NO2/c1-11(2)8-13(5)18-10-15-14(6-7-17-15)9-16-12(3)4/h6-7,11-13,16H,8-10H2,1-5H3. The van der Waals surface area contributed by atoms with Crippen molar-refractivity contribution < 1.29 is 9.15 Å². The van der Waals surface area contributed by atoms with E-state index in [1.807, 2.05) is 6.07 Å². The third-order valence-corrected chi connectivity index (χ3v) is 2.84. The molecular formula is C15H27NO2. The normalized spacial score (nSPS) is 13.5. The van der Waals surface area contributed by atoms with Crippen LogP contribution in [0.15, 0.2) is 16.7 Å². The molecule has 1 atom stereocenters. The van der Waals surface area contributed by atoms with Crippen molar-refractivity contribution in [3.05, 3.63) is 23.7 Å². The lowest BCUT2D eigenvalue weighted by molar-refractivity contribution is 0.0297. The second kappa shape index (κ2) is 7.59. The van der Waals surface area contributed by atoms with Gasteiger partial charge in [-0.25, -0.2) is 0 Å². The minimum atomic E-state index is 0.279. The molecule has 104 valence electrons. The lowest BCUT2D eigenvalue weighted by atomic mass is 10.1. The van der Waals surface area contributed by atoms with Crippen LogP contribution in [-0.4, -0.2) is 12.1 Å². The molecule has 1 unspecified atom stereocenters. The van der Waals surface area contributed by atoms with E-state index in [0.717, 1.165) is 18.7 Å². The molecule has 0 aliphatic heterocycles. The van der Waals surface area contributed by atoms with E-state index in [1.165, 1.54) is 5.56 Å². The lowest BCUT2D eigenvalue weighted by Crippen LogP contribution is -2.22. The molecule has 0 aliphatic carbocycles. The van der Waals surface area contributed by atoms with E-state index in [4.69, 9.17) is 9.15 Å². The fraction of sp³-hybridized carbons (Fsp3) is 0.733. The first-order valence-electron chi connectivity index (χ1n) is 6.89. The Morgan fingerprint density at radius 1 is 1.22 bits per heavy atom. The van der Waals surface area contributed by atoms with E-state index >= 15 is 0 Å². The summed E-state index contributed by atoms with van der Waals surface area (Å²) >= 11 is 0. The van der Waals surface area contributed by atoms with Crippen molar-refractivity contribution in [2.45, 2.75) is 66.3 Å². The molecule has 1 N–H and O–H groups in total. The number of ether oxygens (including phenoxy) is 1. The van der Waals surface area contributed by atoms with E-state index in [0.29, 0.717) is 18.6 Å². The topological polar surface area (TPSA) is 34.4 Å². The number of furan rings is 1. The molecule has 0 radical (unpaired) electrons. The minimum absolute atomic E-state index is 0.279. The summed E-state index contributed by atoms with van der Waals surface area (Å²) in [7, 11) is 0. The van der Waals surface area contributed by atoms with Crippen molar-refractivity contribution in [3.8, 4) is 0 Å². The van der Waals surface area contributed by atoms with E-state index < -0.39 is 0 Å². The van der Waals surface area contributed by atoms with Crippen molar-refractivity contribution in [1.82, 2.24) is 5.32 Å². The largest absolute Gasteiger partial charge is 0.467 e. The molecule has 1 rings (SSSR count).